The second-order valence-corrected chi connectivity index (χ2v) is 2.92. The van der Waals surface area contributed by atoms with E-state index in [4.69, 9.17) is 5.73 Å². The van der Waals surface area contributed by atoms with Gasteiger partial charge in [0.15, 0.2) is 0 Å². The van der Waals surface area contributed by atoms with Crippen LogP contribution in [-0.2, 0) is 20.5 Å². The molecule has 0 radical (unpaired) electrons. The van der Waals surface area contributed by atoms with Crippen molar-refractivity contribution in [3.63, 3.8) is 0 Å². The van der Waals surface area contributed by atoms with Crippen molar-refractivity contribution in [2.24, 2.45) is 14.1 Å². The van der Waals surface area contributed by atoms with Crippen LogP contribution in [0.1, 0.15) is 12.6 Å². The molecule has 2 N–H and O–H groups in total. The van der Waals surface area contributed by atoms with Crippen molar-refractivity contribution < 1.29 is 0 Å². The lowest BCUT2D eigenvalue weighted by atomic mass is 10.3. The van der Waals surface area contributed by atoms with E-state index in [2.05, 4.69) is 0 Å². The fourth-order valence-corrected chi connectivity index (χ4v) is 1.34. The molecular weight excluding hydrogens is 170 g/mol. The Hall–Kier alpha value is -1.52. The van der Waals surface area contributed by atoms with Gasteiger partial charge in [-0.05, 0) is 6.42 Å². The van der Waals surface area contributed by atoms with E-state index in [1.807, 2.05) is 6.92 Å². The van der Waals surface area contributed by atoms with Crippen molar-refractivity contribution in [2.45, 2.75) is 13.3 Å². The van der Waals surface area contributed by atoms with Gasteiger partial charge < -0.3 is 5.73 Å². The van der Waals surface area contributed by atoms with Crippen LogP contribution in [0.3, 0.4) is 0 Å². The van der Waals surface area contributed by atoms with Gasteiger partial charge in [0, 0.05) is 14.1 Å². The molecule has 0 bridgehead atoms. The minimum Gasteiger partial charge on any atom is -0.393 e. The van der Waals surface area contributed by atoms with Crippen LogP contribution in [0.2, 0.25) is 0 Å². The molecule has 1 rings (SSSR count). The van der Waals surface area contributed by atoms with E-state index < -0.39 is 5.56 Å². The number of nitrogens with zero attached hydrogens (tertiary/aromatic N) is 2. The number of nitrogen functional groups attached to an aromatic ring is 1. The first-order chi connectivity index (χ1) is 6.00. The third-order valence-electron chi connectivity index (χ3n) is 2.16. The summed E-state index contributed by atoms with van der Waals surface area (Å²) in [5.74, 6) is 0. The Bertz CT molecular complexity index is 405. The lowest BCUT2D eigenvalue weighted by Gasteiger charge is -2.09. The maximum Gasteiger partial charge on any atom is 0.330 e. The van der Waals surface area contributed by atoms with Gasteiger partial charge in [-0.3, -0.25) is 13.9 Å². The number of hydrogen-bond acceptors (Lipinski definition) is 3. The molecule has 1 aromatic rings. The number of nitrogens with two attached hydrogens (primary N) is 1. The average molecular weight is 183 g/mol. The summed E-state index contributed by atoms with van der Waals surface area (Å²) in [5.41, 5.74) is 5.57. The number of rotatable bonds is 1. The first-order valence-electron chi connectivity index (χ1n) is 4.05. The number of anilines is 1. The predicted octanol–water partition coefficient (Wildman–Crippen LogP) is -0.771. The van der Waals surface area contributed by atoms with E-state index in [0.29, 0.717) is 12.1 Å². The number of hydrogen-bond donors (Lipinski definition) is 1. The zero-order valence-electron chi connectivity index (χ0n) is 8.00. The molecule has 0 fully saturated rings. The SMILES string of the molecule is CCc1c(N)c(=O)n(C)c(=O)n1C. The molecule has 0 atom stereocenters. The summed E-state index contributed by atoms with van der Waals surface area (Å²) in [5, 5.41) is 0. The second-order valence-electron chi connectivity index (χ2n) is 2.92. The van der Waals surface area contributed by atoms with Crippen LogP contribution < -0.4 is 17.0 Å². The van der Waals surface area contributed by atoms with Crippen LogP contribution in [0.15, 0.2) is 9.59 Å². The molecular formula is C8H13N3O2. The fourth-order valence-electron chi connectivity index (χ4n) is 1.34. The summed E-state index contributed by atoms with van der Waals surface area (Å²) >= 11 is 0. The first-order valence-corrected chi connectivity index (χ1v) is 4.05. The molecule has 0 aliphatic rings. The van der Waals surface area contributed by atoms with Crippen LogP contribution in [0.4, 0.5) is 5.69 Å². The van der Waals surface area contributed by atoms with Crippen molar-refractivity contribution in [3.8, 4) is 0 Å². The quantitative estimate of drug-likeness (QED) is 0.621. The number of aromatic nitrogens is 2. The summed E-state index contributed by atoms with van der Waals surface area (Å²) in [6.45, 7) is 1.85. The van der Waals surface area contributed by atoms with Crippen LogP contribution in [-0.4, -0.2) is 9.13 Å². The summed E-state index contributed by atoms with van der Waals surface area (Å²) < 4.78 is 2.41. The third-order valence-corrected chi connectivity index (χ3v) is 2.16. The summed E-state index contributed by atoms with van der Waals surface area (Å²) in [6.07, 6.45) is 0.577. The molecule has 1 aromatic heterocycles. The Labute approximate surface area is 75.4 Å². The van der Waals surface area contributed by atoms with Crippen molar-refractivity contribution in [1.82, 2.24) is 9.13 Å². The second kappa shape index (κ2) is 3.08. The average Bonchev–Trinajstić information content (AvgIpc) is 2.13. The molecule has 5 heteroatoms. The first kappa shape index (κ1) is 9.57. The summed E-state index contributed by atoms with van der Waals surface area (Å²) in [6, 6.07) is 0. The summed E-state index contributed by atoms with van der Waals surface area (Å²) in [4.78, 5) is 22.7. The molecule has 0 saturated carbocycles. The van der Waals surface area contributed by atoms with Gasteiger partial charge in [0.1, 0.15) is 5.69 Å². The topological polar surface area (TPSA) is 70.0 Å². The van der Waals surface area contributed by atoms with E-state index >= 15 is 0 Å². The van der Waals surface area contributed by atoms with Crippen LogP contribution in [0, 0.1) is 0 Å². The van der Waals surface area contributed by atoms with E-state index in [-0.39, 0.29) is 11.4 Å². The molecule has 13 heavy (non-hydrogen) atoms. The van der Waals surface area contributed by atoms with Crippen LogP contribution in [0.5, 0.6) is 0 Å². The van der Waals surface area contributed by atoms with Gasteiger partial charge >= 0.3 is 5.69 Å². The monoisotopic (exact) mass is 183 g/mol. The van der Waals surface area contributed by atoms with Crippen molar-refractivity contribution in [1.29, 1.82) is 0 Å². The molecule has 0 spiro atoms. The molecule has 0 aliphatic heterocycles. The molecule has 5 nitrogen and oxygen atoms in total. The molecule has 0 aromatic carbocycles. The molecule has 0 unspecified atom stereocenters. The lowest BCUT2D eigenvalue weighted by molar-refractivity contribution is 0.659. The van der Waals surface area contributed by atoms with Crippen LogP contribution >= 0.6 is 0 Å². The highest BCUT2D eigenvalue weighted by Crippen LogP contribution is 2.01. The van der Waals surface area contributed by atoms with Gasteiger partial charge in [0.25, 0.3) is 5.56 Å². The highest BCUT2D eigenvalue weighted by molar-refractivity contribution is 5.40. The van der Waals surface area contributed by atoms with Crippen LogP contribution in [0.25, 0.3) is 0 Å². The van der Waals surface area contributed by atoms with E-state index in [1.54, 1.807) is 7.05 Å². The standard InChI is InChI=1S/C8H13N3O2/c1-4-5-6(9)7(12)11(3)8(13)10(5)2/h4,9H2,1-3H3. The van der Waals surface area contributed by atoms with Gasteiger partial charge in [-0.15, -0.1) is 0 Å². The van der Waals surface area contributed by atoms with Gasteiger partial charge in [0.05, 0.1) is 5.69 Å². The summed E-state index contributed by atoms with van der Waals surface area (Å²) in [7, 11) is 3.03. The maximum absolute atomic E-state index is 11.4. The highest BCUT2D eigenvalue weighted by atomic mass is 16.2. The van der Waals surface area contributed by atoms with Crippen molar-refractivity contribution >= 4 is 5.69 Å². The van der Waals surface area contributed by atoms with E-state index in [9.17, 15) is 9.59 Å². The van der Waals surface area contributed by atoms with Crippen molar-refractivity contribution in [2.75, 3.05) is 5.73 Å². The van der Waals surface area contributed by atoms with Gasteiger partial charge in [-0.1, -0.05) is 6.92 Å². The molecule has 0 aliphatic carbocycles. The fraction of sp³-hybridized carbons (Fsp3) is 0.500. The Morgan fingerprint density at radius 2 is 1.77 bits per heavy atom. The smallest absolute Gasteiger partial charge is 0.330 e. The van der Waals surface area contributed by atoms with Gasteiger partial charge in [-0.2, -0.15) is 0 Å². The Morgan fingerprint density at radius 3 is 2.23 bits per heavy atom. The molecule has 1 heterocycles. The van der Waals surface area contributed by atoms with E-state index in [0.717, 1.165) is 4.57 Å². The normalized spacial score (nSPS) is 10.4. The van der Waals surface area contributed by atoms with Gasteiger partial charge in [-0.25, -0.2) is 4.79 Å². The third kappa shape index (κ3) is 1.26. The minimum atomic E-state index is -0.417. The zero-order valence-corrected chi connectivity index (χ0v) is 8.00. The molecule has 72 valence electrons. The largest absolute Gasteiger partial charge is 0.393 e. The molecule has 0 amide bonds. The molecule has 0 saturated heterocycles. The van der Waals surface area contributed by atoms with E-state index in [1.165, 1.54) is 11.6 Å². The zero-order chi connectivity index (χ0) is 10.2. The maximum atomic E-state index is 11.4. The lowest BCUT2D eigenvalue weighted by Crippen LogP contribution is -2.40. The Morgan fingerprint density at radius 1 is 1.23 bits per heavy atom. The van der Waals surface area contributed by atoms with Gasteiger partial charge in [0.2, 0.25) is 0 Å². The Balaban J connectivity index is 3.78. The minimum absolute atomic E-state index is 0.159. The highest BCUT2D eigenvalue weighted by Gasteiger charge is 2.09. The Kier molecular flexibility index (Phi) is 2.27. The predicted molar refractivity (Wildman–Crippen MR) is 50.7 cm³/mol. The van der Waals surface area contributed by atoms with Crippen molar-refractivity contribution in [3.05, 3.63) is 26.5 Å².